The van der Waals surface area contributed by atoms with Crippen molar-refractivity contribution in [2.24, 2.45) is 0 Å². The zero-order chi connectivity index (χ0) is 42.5. The van der Waals surface area contributed by atoms with Crippen molar-refractivity contribution < 1.29 is 0 Å². The maximum Gasteiger partial charge on any atom is 0.0979 e. The van der Waals surface area contributed by atoms with Crippen LogP contribution in [0.25, 0.3) is 116 Å². The van der Waals surface area contributed by atoms with Crippen LogP contribution in [0.4, 0.5) is 0 Å². The van der Waals surface area contributed by atoms with Gasteiger partial charge >= 0.3 is 0 Å². The molecule has 300 valence electrons. The Bertz CT molecular complexity index is 3840. The summed E-state index contributed by atoms with van der Waals surface area (Å²) in [4.78, 5) is 10.3. The number of hydrogen-bond acceptors (Lipinski definition) is 2. The number of nitrogens with zero attached hydrogens (tertiary/aromatic N) is 3. The summed E-state index contributed by atoms with van der Waals surface area (Å²) in [7, 11) is 0. The number of fused-ring (bicyclic) bond motifs is 12. The lowest BCUT2D eigenvalue weighted by Gasteiger charge is -2.23. The molecule has 0 fully saturated rings. The number of rotatable bonds is 5. The first-order valence-corrected chi connectivity index (χ1v) is 22.1. The lowest BCUT2D eigenvalue weighted by atomic mass is 9.80. The van der Waals surface area contributed by atoms with Crippen molar-refractivity contribution in [1.82, 2.24) is 14.5 Å². The van der Waals surface area contributed by atoms with Crippen LogP contribution >= 0.6 is 0 Å². The lowest BCUT2D eigenvalue weighted by molar-refractivity contribution is 0.661. The van der Waals surface area contributed by atoms with Crippen molar-refractivity contribution in [2.75, 3.05) is 0 Å². The highest BCUT2D eigenvalue weighted by Gasteiger charge is 2.36. The van der Waals surface area contributed by atoms with Gasteiger partial charge in [-0.05, 0) is 115 Å². The molecule has 0 spiro atoms. The number of hydrogen-bond donors (Lipinski definition) is 0. The van der Waals surface area contributed by atoms with Gasteiger partial charge in [-0.25, -0.2) is 4.98 Å². The molecule has 0 bridgehead atoms. The highest BCUT2D eigenvalue weighted by atomic mass is 15.0. The summed E-state index contributed by atoms with van der Waals surface area (Å²) < 4.78 is 2.39. The molecule has 0 saturated heterocycles. The normalized spacial score (nSPS) is 13.0. The first-order valence-electron chi connectivity index (χ1n) is 22.1. The fourth-order valence-corrected chi connectivity index (χ4v) is 10.6. The molecule has 0 N–H and O–H groups in total. The molecule has 13 rings (SSSR count). The average molecular weight is 816 g/mol. The van der Waals surface area contributed by atoms with Crippen LogP contribution in [-0.4, -0.2) is 14.5 Å². The fourth-order valence-electron chi connectivity index (χ4n) is 10.6. The van der Waals surface area contributed by atoms with Gasteiger partial charge in [-0.3, -0.25) is 4.98 Å². The van der Waals surface area contributed by atoms with Gasteiger partial charge in [0.2, 0.25) is 0 Å². The Morgan fingerprint density at radius 1 is 0.359 bits per heavy atom. The third-order valence-electron chi connectivity index (χ3n) is 13.8. The monoisotopic (exact) mass is 815 g/mol. The molecule has 0 amide bonds. The Hall–Kier alpha value is -8.14. The van der Waals surface area contributed by atoms with Gasteiger partial charge in [0, 0.05) is 38.2 Å². The zero-order valence-corrected chi connectivity index (χ0v) is 35.5. The summed E-state index contributed by atoms with van der Waals surface area (Å²) in [6.45, 7) is 4.75. The van der Waals surface area contributed by atoms with E-state index in [9.17, 15) is 0 Å². The summed E-state index contributed by atoms with van der Waals surface area (Å²) in [5.74, 6) is 0. The molecule has 0 atom stereocenters. The van der Waals surface area contributed by atoms with E-state index in [2.05, 4.69) is 225 Å². The van der Waals surface area contributed by atoms with Crippen molar-refractivity contribution in [3.8, 4) is 61.5 Å². The molecule has 3 nitrogen and oxygen atoms in total. The molecule has 0 radical (unpaired) electrons. The van der Waals surface area contributed by atoms with Gasteiger partial charge in [0.25, 0.3) is 0 Å². The van der Waals surface area contributed by atoms with Gasteiger partial charge in [-0.15, -0.1) is 0 Å². The molecule has 64 heavy (non-hydrogen) atoms. The van der Waals surface area contributed by atoms with E-state index in [4.69, 9.17) is 9.97 Å². The minimum atomic E-state index is -0.185. The summed E-state index contributed by atoms with van der Waals surface area (Å²) >= 11 is 0. The maximum absolute atomic E-state index is 5.29. The first-order chi connectivity index (χ1) is 31.5. The third kappa shape index (κ3) is 5.54. The SMILES string of the molecule is CC1(C)c2cc(-c3cccc(-c4ccc5c6ccccc6n(-c6ccccc6)c5c4)c3)ccc2-c2ccc(-c3cccc(-c4cnc5c6ccccc6c6ccccc6c5n4)c3)cc21. The highest BCUT2D eigenvalue weighted by molar-refractivity contribution is 6.23. The van der Waals surface area contributed by atoms with Crippen LogP contribution in [0.15, 0.2) is 212 Å². The Balaban J connectivity index is 0.839. The van der Waals surface area contributed by atoms with Gasteiger partial charge in [0.1, 0.15) is 0 Å². The molecule has 3 heteroatoms. The fraction of sp³-hybridized carbons (Fsp3) is 0.0492. The quantitative estimate of drug-likeness (QED) is 0.162. The van der Waals surface area contributed by atoms with Crippen molar-refractivity contribution >= 4 is 54.4 Å². The van der Waals surface area contributed by atoms with E-state index < -0.39 is 0 Å². The van der Waals surface area contributed by atoms with E-state index in [0.717, 1.165) is 38.6 Å². The van der Waals surface area contributed by atoms with Gasteiger partial charge in [-0.2, -0.15) is 0 Å². The summed E-state index contributed by atoms with van der Waals surface area (Å²) in [6, 6.07) is 75.2. The smallest absolute Gasteiger partial charge is 0.0979 e. The topological polar surface area (TPSA) is 30.7 Å². The standard InChI is InChI=1S/C61H41N3/c1-61(2)54-34-41(38-14-12-15-39(32-38)43-28-31-51-50-22-10-11-25-57(50)64(58(51)36-43)45-18-4-3-5-19-45)26-29-48(54)49-30-27-42(35-55(49)61)40-16-13-17-44(33-40)56-37-62-59-52-23-8-6-20-46(52)47-21-7-9-24-53(47)60(59)63-56/h3-37H,1-2H3. The minimum absolute atomic E-state index is 0.185. The lowest BCUT2D eigenvalue weighted by Crippen LogP contribution is -2.15. The molecular weight excluding hydrogens is 775 g/mol. The van der Waals surface area contributed by atoms with Crippen molar-refractivity contribution in [2.45, 2.75) is 19.3 Å². The highest BCUT2D eigenvalue weighted by Crippen LogP contribution is 2.51. The van der Waals surface area contributed by atoms with Crippen LogP contribution in [0, 0.1) is 0 Å². The second-order valence-electron chi connectivity index (χ2n) is 17.8. The van der Waals surface area contributed by atoms with Gasteiger partial charge < -0.3 is 4.57 Å². The minimum Gasteiger partial charge on any atom is -0.309 e. The van der Waals surface area contributed by atoms with Crippen LogP contribution in [0.1, 0.15) is 25.0 Å². The molecule has 2 aromatic heterocycles. The predicted molar refractivity (Wildman–Crippen MR) is 268 cm³/mol. The van der Waals surface area contributed by atoms with E-state index >= 15 is 0 Å². The molecule has 1 aliphatic carbocycles. The number of para-hydroxylation sites is 2. The molecule has 0 unspecified atom stereocenters. The van der Waals surface area contributed by atoms with E-state index in [1.807, 2.05) is 6.20 Å². The first kappa shape index (κ1) is 36.5. The third-order valence-corrected chi connectivity index (χ3v) is 13.8. The molecule has 0 aliphatic heterocycles. The van der Waals surface area contributed by atoms with E-state index in [0.29, 0.717) is 0 Å². The summed E-state index contributed by atoms with van der Waals surface area (Å²) in [6.07, 6.45) is 1.93. The van der Waals surface area contributed by atoms with Gasteiger partial charge in [0.15, 0.2) is 0 Å². The Labute approximate surface area is 371 Å². The largest absolute Gasteiger partial charge is 0.309 e. The van der Waals surface area contributed by atoms with Crippen LogP contribution in [0.5, 0.6) is 0 Å². The van der Waals surface area contributed by atoms with Crippen LogP contribution in [-0.2, 0) is 5.41 Å². The van der Waals surface area contributed by atoms with Gasteiger partial charge in [-0.1, -0.05) is 172 Å². The Morgan fingerprint density at radius 2 is 0.844 bits per heavy atom. The second kappa shape index (κ2) is 13.9. The Morgan fingerprint density at radius 3 is 1.50 bits per heavy atom. The van der Waals surface area contributed by atoms with Crippen LogP contribution in [0.3, 0.4) is 0 Å². The Kier molecular flexibility index (Phi) is 7.95. The van der Waals surface area contributed by atoms with Crippen molar-refractivity contribution in [3.63, 3.8) is 0 Å². The van der Waals surface area contributed by atoms with Crippen LogP contribution < -0.4 is 0 Å². The van der Waals surface area contributed by atoms with Gasteiger partial charge in [0.05, 0.1) is 34.0 Å². The summed E-state index contributed by atoms with van der Waals surface area (Å²) in [5.41, 5.74) is 19.7. The molecule has 12 aromatic rings. The molecule has 1 aliphatic rings. The number of aromatic nitrogens is 3. The van der Waals surface area contributed by atoms with E-state index in [1.54, 1.807) is 0 Å². The van der Waals surface area contributed by atoms with Crippen molar-refractivity contribution in [3.05, 3.63) is 224 Å². The van der Waals surface area contributed by atoms with E-state index in [-0.39, 0.29) is 5.41 Å². The van der Waals surface area contributed by atoms with Crippen LogP contribution in [0.2, 0.25) is 0 Å². The maximum atomic E-state index is 5.29. The molecule has 10 aromatic carbocycles. The molecular formula is C61H41N3. The second-order valence-corrected chi connectivity index (χ2v) is 17.8. The van der Waals surface area contributed by atoms with E-state index in [1.165, 1.54) is 88.3 Å². The number of benzene rings is 10. The molecule has 2 heterocycles. The average Bonchev–Trinajstić information content (AvgIpc) is 3.81. The summed E-state index contributed by atoms with van der Waals surface area (Å²) in [5, 5.41) is 7.19. The van der Waals surface area contributed by atoms with Crippen molar-refractivity contribution in [1.29, 1.82) is 0 Å². The molecule has 0 saturated carbocycles. The predicted octanol–water partition coefficient (Wildman–Crippen LogP) is 16.0. The zero-order valence-electron chi connectivity index (χ0n) is 35.5.